The van der Waals surface area contributed by atoms with Crippen molar-refractivity contribution < 1.29 is 9.13 Å². The summed E-state index contributed by atoms with van der Waals surface area (Å²) in [5.41, 5.74) is 6.97. The normalized spacial score (nSPS) is 24.9. The second-order valence-corrected chi connectivity index (χ2v) is 5.44. The van der Waals surface area contributed by atoms with Gasteiger partial charge in [0.2, 0.25) is 0 Å². The Labute approximate surface area is 99.4 Å². The van der Waals surface area contributed by atoms with E-state index >= 15 is 0 Å². The number of nitrogens with two attached hydrogens (primary N) is 1. The molecule has 1 aromatic rings. The van der Waals surface area contributed by atoms with Gasteiger partial charge in [0.1, 0.15) is 5.82 Å². The third kappa shape index (κ3) is 2.33. The van der Waals surface area contributed by atoms with Gasteiger partial charge in [0.25, 0.3) is 0 Å². The summed E-state index contributed by atoms with van der Waals surface area (Å²) in [7, 11) is 0. The molecule has 88 valence electrons. The molecule has 0 bridgehead atoms. The van der Waals surface area contributed by atoms with Crippen molar-refractivity contribution in [3.63, 3.8) is 0 Å². The average molecular weight is 241 g/mol. The van der Waals surface area contributed by atoms with E-state index in [1.54, 1.807) is 18.7 Å². The fourth-order valence-corrected chi connectivity index (χ4v) is 3.05. The molecule has 1 saturated heterocycles. The number of nitrogen functional groups attached to an aromatic ring is 1. The predicted molar refractivity (Wildman–Crippen MR) is 65.2 cm³/mol. The monoisotopic (exact) mass is 241 g/mol. The lowest BCUT2D eigenvalue weighted by molar-refractivity contribution is 0.127. The van der Waals surface area contributed by atoms with E-state index in [-0.39, 0.29) is 11.9 Å². The van der Waals surface area contributed by atoms with E-state index in [9.17, 15) is 4.39 Å². The lowest BCUT2D eigenvalue weighted by atomic mass is 10.2. The minimum Gasteiger partial charge on any atom is -0.398 e. The van der Waals surface area contributed by atoms with E-state index < -0.39 is 0 Å². The van der Waals surface area contributed by atoms with E-state index in [2.05, 4.69) is 6.92 Å². The largest absolute Gasteiger partial charge is 0.398 e. The lowest BCUT2D eigenvalue weighted by Crippen LogP contribution is -2.13. The molecule has 0 aromatic heterocycles. The van der Waals surface area contributed by atoms with E-state index in [0.717, 1.165) is 17.9 Å². The van der Waals surface area contributed by atoms with Crippen molar-refractivity contribution in [3.05, 3.63) is 23.5 Å². The summed E-state index contributed by atoms with van der Waals surface area (Å²) < 4.78 is 18.7. The number of thioether (sulfide) groups is 1. The zero-order chi connectivity index (χ0) is 11.7. The van der Waals surface area contributed by atoms with Gasteiger partial charge in [-0.25, -0.2) is 4.39 Å². The molecule has 2 unspecified atom stereocenters. The molecule has 1 aromatic carbocycles. The summed E-state index contributed by atoms with van der Waals surface area (Å²) in [6, 6.07) is 3.22. The van der Waals surface area contributed by atoms with Gasteiger partial charge in [-0.2, -0.15) is 0 Å². The van der Waals surface area contributed by atoms with Crippen LogP contribution in [0.25, 0.3) is 0 Å². The molecule has 1 aliphatic rings. The Morgan fingerprint density at radius 2 is 2.25 bits per heavy atom. The number of ether oxygens (including phenoxy) is 1. The standard InChI is InChI=1S/C12H16FNOS/c1-7-5-12(10(14)6-9(7)13)16-11-3-4-15-8(11)2/h5-6,8,11H,3-4,14H2,1-2H3. The summed E-state index contributed by atoms with van der Waals surface area (Å²) >= 11 is 1.69. The molecule has 2 rings (SSSR count). The Morgan fingerprint density at radius 1 is 1.50 bits per heavy atom. The van der Waals surface area contributed by atoms with E-state index in [1.165, 1.54) is 6.07 Å². The van der Waals surface area contributed by atoms with Crippen LogP contribution in [0.2, 0.25) is 0 Å². The van der Waals surface area contributed by atoms with Crippen molar-refractivity contribution in [1.82, 2.24) is 0 Å². The average Bonchev–Trinajstić information content (AvgIpc) is 2.61. The summed E-state index contributed by atoms with van der Waals surface area (Å²) in [5.74, 6) is -0.238. The zero-order valence-corrected chi connectivity index (χ0v) is 10.3. The molecule has 1 fully saturated rings. The van der Waals surface area contributed by atoms with Crippen LogP contribution in [-0.2, 0) is 4.74 Å². The smallest absolute Gasteiger partial charge is 0.128 e. The van der Waals surface area contributed by atoms with E-state index in [1.807, 2.05) is 6.07 Å². The number of halogens is 1. The summed E-state index contributed by atoms with van der Waals surface area (Å²) in [5, 5.41) is 0.423. The van der Waals surface area contributed by atoms with Crippen molar-refractivity contribution in [2.45, 2.75) is 36.5 Å². The maximum absolute atomic E-state index is 13.2. The number of anilines is 1. The second-order valence-electron chi connectivity index (χ2n) is 4.16. The lowest BCUT2D eigenvalue weighted by Gasteiger charge is -2.15. The molecule has 0 radical (unpaired) electrons. The van der Waals surface area contributed by atoms with Gasteiger partial charge in [0.15, 0.2) is 0 Å². The van der Waals surface area contributed by atoms with Crippen LogP contribution in [0.5, 0.6) is 0 Å². The summed E-state index contributed by atoms with van der Waals surface area (Å²) in [6.07, 6.45) is 1.27. The first-order valence-corrected chi connectivity index (χ1v) is 6.30. The Hall–Kier alpha value is -0.740. The first kappa shape index (κ1) is 11.7. The molecule has 0 aliphatic carbocycles. The van der Waals surface area contributed by atoms with Crippen LogP contribution in [0.1, 0.15) is 18.9 Å². The highest BCUT2D eigenvalue weighted by molar-refractivity contribution is 8.00. The molecule has 0 amide bonds. The number of hydrogen-bond donors (Lipinski definition) is 1. The molecule has 0 spiro atoms. The third-order valence-electron chi connectivity index (χ3n) is 2.88. The van der Waals surface area contributed by atoms with Crippen LogP contribution in [0.15, 0.2) is 17.0 Å². The summed E-state index contributed by atoms with van der Waals surface area (Å²) in [4.78, 5) is 0.959. The molecular formula is C12H16FNOS. The SMILES string of the molecule is Cc1cc(SC2CCOC2C)c(N)cc1F. The van der Waals surface area contributed by atoms with Crippen LogP contribution in [0.4, 0.5) is 10.1 Å². The van der Waals surface area contributed by atoms with Crippen LogP contribution in [-0.4, -0.2) is 18.0 Å². The Balaban J connectivity index is 2.18. The van der Waals surface area contributed by atoms with E-state index in [0.29, 0.717) is 16.5 Å². The van der Waals surface area contributed by atoms with Gasteiger partial charge in [-0.15, -0.1) is 11.8 Å². The highest BCUT2D eigenvalue weighted by atomic mass is 32.2. The zero-order valence-electron chi connectivity index (χ0n) is 9.50. The fourth-order valence-electron chi connectivity index (χ4n) is 1.80. The molecular weight excluding hydrogens is 225 g/mol. The van der Waals surface area contributed by atoms with Gasteiger partial charge in [0.05, 0.1) is 6.10 Å². The minimum absolute atomic E-state index is 0.238. The highest BCUT2D eigenvalue weighted by Gasteiger charge is 2.25. The molecule has 16 heavy (non-hydrogen) atoms. The van der Waals surface area contributed by atoms with Gasteiger partial charge >= 0.3 is 0 Å². The van der Waals surface area contributed by atoms with Gasteiger partial charge in [-0.05, 0) is 38.0 Å². The van der Waals surface area contributed by atoms with Gasteiger partial charge < -0.3 is 10.5 Å². The van der Waals surface area contributed by atoms with Crippen molar-refractivity contribution in [1.29, 1.82) is 0 Å². The first-order chi connectivity index (χ1) is 7.58. The van der Waals surface area contributed by atoms with Gasteiger partial charge in [-0.1, -0.05) is 0 Å². The molecule has 1 heterocycles. The molecule has 2 N–H and O–H groups in total. The number of hydrogen-bond acceptors (Lipinski definition) is 3. The Kier molecular flexibility index (Phi) is 3.40. The van der Waals surface area contributed by atoms with Crippen molar-refractivity contribution in [2.75, 3.05) is 12.3 Å². The molecule has 4 heteroatoms. The van der Waals surface area contributed by atoms with Gasteiger partial charge in [0, 0.05) is 22.4 Å². The fraction of sp³-hybridized carbons (Fsp3) is 0.500. The number of aryl methyl sites for hydroxylation is 1. The second kappa shape index (κ2) is 4.63. The van der Waals surface area contributed by atoms with Crippen LogP contribution < -0.4 is 5.73 Å². The molecule has 0 saturated carbocycles. The third-order valence-corrected chi connectivity index (χ3v) is 4.41. The maximum atomic E-state index is 13.2. The van der Waals surface area contributed by atoms with Crippen LogP contribution in [0.3, 0.4) is 0 Å². The Bertz CT molecular complexity index is 397. The van der Waals surface area contributed by atoms with E-state index in [4.69, 9.17) is 10.5 Å². The van der Waals surface area contributed by atoms with Crippen molar-refractivity contribution >= 4 is 17.4 Å². The Morgan fingerprint density at radius 3 is 2.88 bits per heavy atom. The van der Waals surface area contributed by atoms with Crippen LogP contribution in [0, 0.1) is 12.7 Å². The van der Waals surface area contributed by atoms with Crippen LogP contribution >= 0.6 is 11.8 Å². The molecule has 2 atom stereocenters. The number of rotatable bonds is 2. The first-order valence-electron chi connectivity index (χ1n) is 5.42. The van der Waals surface area contributed by atoms with Crippen molar-refractivity contribution in [3.8, 4) is 0 Å². The molecule has 2 nitrogen and oxygen atoms in total. The highest BCUT2D eigenvalue weighted by Crippen LogP contribution is 2.36. The van der Waals surface area contributed by atoms with Crippen molar-refractivity contribution in [2.24, 2.45) is 0 Å². The molecule has 1 aliphatic heterocycles. The maximum Gasteiger partial charge on any atom is 0.128 e. The minimum atomic E-state index is -0.238. The summed E-state index contributed by atoms with van der Waals surface area (Å²) in [6.45, 7) is 4.63. The topological polar surface area (TPSA) is 35.2 Å². The quantitative estimate of drug-likeness (QED) is 0.808. The predicted octanol–water partition coefficient (Wildman–Crippen LogP) is 2.99. The van der Waals surface area contributed by atoms with Gasteiger partial charge in [-0.3, -0.25) is 0 Å². The number of benzene rings is 1.